The van der Waals surface area contributed by atoms with Crippen LogP contribution in [0.3, 0.4) is 0 Å². The minimum atomic E-state index is -0.102. The van der Waals surface area contributed by atoms with Gasteiger partial charge in [0.15, 0.2) is 0 Å². The van der Waals surface area contributed by atoms with E-state index in [9.17, 15) is 0 Å². The van der Waals surface area contributed by atoms with E-state index in [1.807, 2.05) is 0 Å². The Kier molecular flexibility index (Phi) is 3.41. The Hall–Kier alpha value is -0.160. The summed E-state index contributed by atoms with van der Waals surface area (Å²) in [7, 11) is 0. The second kappa shape index (κ2) is 4.69. The molecule has 0 spiro atoms. The van der Waals surface area contributed by atoms with Crippen molar-refractivity contribution >= 4 is 0 Å². The normalized spacial score (nSPS) is 46.4. The van der Waals surface area contributed by atoms with E-state index in [-0.39, 0.29) is 11.0 Å². The zero-order chi connectivity index (χ0) is 13.7. The van der Waals surface area contributed by atoms with Crippen molar-refractivity contribution in [3.63, 3.8) is 0 Å². The molecule has 2 aliphatic heterocycles. The Morgan fingerprint density at radius 3 is 2.79 bits per heavy atom. The maximum Gasteiger partial charge on any atom is 0.0690 e. The van der Waals surface area contributed by atoms with Gasteiger partial charge in [-0.3, -0.25) is 4.90 Å². The first kappa shape index (κ1) is 13.8. The van der Waals surface area contributed by atoms with Crippen LogP contribution >= 0.6 is 0 Å². The van der Waals surface area contributed by atoms with Crippen molar-refractivity contribution in [2.24, 2.45) is 17.1 Å². The Bertz CT molecular complexity index is 347. The van der Waals surface area contributed by atoms with Gasteiger partial charge in [0.2, 0.25) is 0 Å². The number of nitrogens with zero attached hydrogens (tertiary/aromatic N) is 1. The minimum absolute atomic E-state index is 0.0830. The zero-order valence-corrected chi connectivity index (χ0v) is 12.5. The molecule has 3 aliphatic rings. The van der Waals surface area contributed by atoms with Gasteiger partial charge in [-0.1, -0.05) is 13.8 Å². The quantitative estimate of drug-likeness (QED) is 0.818. The van der Waals surface area contributed by atoms with Crippen LogP contribution in [0.25, 0.3) is 0 Å². The third-order valence-electron chi connectivity index (χ3n) is 5.71. The van der Waals surface area contributed by atoms with Gasteiger partial charge in [0, 0.05) is 43.1 Å². The van der Waals surface area contributed by atoms with Crippen LogP contribution in [0.2, 0.25) is 0 Å². The molecule has 2 N–H and O–H groups in total. The molecule has 0 amide bonds. The molecule has 1 aliphatic carbocycles. The van der Waals surface area contributed by atoms with E-state index in [2.05, 4.69) is 25.7 Å². The Morgan fingerprint density at radius 2 is 2.05 bits per heavy atom. The predicted octanol–water partition coefficient (Wildman–Crippen LogP) is 1.24. The van der Waals surface area contributed by atoms with Gasteiger partial charge in [-0.15, -0.1) is 0 Å². The largest absolute Gasteiger partial charge is 0.377 e. The van der Waals surface area contributed by atoms with Gasteiger partial charge in [0.25, 0.3) is 0 Å². The lowest BCUT2D eigenvalue weighted by molar-refractivity contribution is -0.234. The summed E-state index contributed by atoms with van der Waals surface area (Å²) >= 11 is 0. The van der Waals surface area contributed by atoms with Crippen LogP contribution in [0.1, 0.15) is 33.6 Å². The van der Waals surface area contributed by atoms with Crippen LogP contribution in [0.4, 0.5) is 0 Å². The van der Waals surface area contributed by atoms with Crippen LogP contribution in [0.5, 0.6) is 0 Å². The number of hydrogen-bond donors (Lipinski definition) is 1. The first-order valence-corrected chi connectivity index (χ1v) is 7.69. The van der Waals surface area contributed by atoms with Gasteiger partial charge < -0.3 is 15.2 Å². The summed E-state index contributed by atoms with van der Waals surface area (Å²) in [4.78, 5) is 2.49. The van der Waals surface area contributed by atoms with Crippen LogP contribution < -0.4 is 5.73 Å². The summed E-state index contributed by atoms with van der Waals surface area (Å²) in [6, 6.07) is 0. The maximum absolute atomic E-state index is 6.85. The Morgan fingerprint density at radius 1 is 1.26 bits per heavy atom. The molecule has 4 heteroatoms. The second-order valence-electron chi connectivity index (χ2n) is 7.22. The molecular weight excluding hydrogens is 240 g/mol. The van der Waals surface area contributed by atoms with Crippen LogP contribution in [0.15, 0.2) is 0 Å². The molecule has 3 fully saturated rings. The van der Waals surface area contributed by atoms with Crippen molar-refractivity contribution in [3.8, 4) is 0 Å². The van der Waals surface area contributed by atoms with E-state index < -0.39 is 0 Å². The lowest BCUT2D eigenvalue weighted by Gasteiger charge is -2.67. The van der Waals surface area contributed by atoms with Gasteiger partial charge >= 0.3 is 0 Å². The molecule has 1 saturated carbocycles. The summed E-state index contributed by atoms with van der Waals surface area (Å²) < 4.78 is 11.6. The molecule has 2 heterocycles. The predicted molar refractivity (Wildman–Crippen MR) is 75.0 cm³/mol. The van der Waals surface area contributed by atoms with Gasteiger partial charge in [0.1, 0.15) is 0 Å². The lowest BCUT2D eigenvalue weighted by atomic mass is 9.46. The number of rotatable bonds is 2. The molecule has 0 aromatic carbocycles. The fraction of sp³-hybridized carbons (Fsp3) is 1.00. The SMILES string of the molecule is CC1CN(CC2(N)C3CCCOC3C2(C)C)CCO1. The first-order valence-electron chi connectivity index (χ1n) is 7.69. The summed E-state index contributed by atoms with van der Waals surface area (Å²) in [5, 5.41) is 0. The molecule has 0 aromatic heterocycles. The Balaban J connectivity index is 1.71. The molecule has 4 atom stereocenters. The van der Waals surface area contributed by atoms with E-state index >= 15 is 0 Å². The highest BCUT2D eigenvalue weighted by Gasteiger charge is 2.66. The first-order chi connectivity index (χ1) is 8.95. The molecule has 2 saturated heterocycles. The monoisotopic (exact) mass is 268 g/mol. The van der Waals surface area contributed by atoms with E-state index in [0.717, 1.165) is 39.3 Å². The van der Waals surface area contributed by atoms with Gasteiger partial charge in [-0.05, 0) is 19.8 Å². The molecule has 110 valence electrons. The molecular formula is C15H28N2O2. The molecule has 3 rings (SSSR count). The highest BCUT2D eigenvalue weighted by Crippen LogP contribution is 2.57. The van der Waals surface area contributed by atoms with Crippen LogP contribution in [0, 0.1) is 11.3 Å². The highest BCUT2D eigenvalue weighted by molar-refractivity contribution is 5.20. The van der Waals surface area contributed by atoms with Crippen molar-refractivity contribution in [3.05, 3.63) is 0 Å². The summed E-state index contributed by atoms with van der Waals surface area (Å²) in [5.41, 5.74) is 6.83. The second-order valence-corrected chi connectivity index (χ2v) is 7.22. The summed E-state index contributed by atoms with van der Waals surface area (Å²) in [6.07, 6.45) is 3.09. The molecule has 0 radical (unpaired) electrons. The van der Waals surface area contributed by atoms with E-state index in [0.29, 0.717) is 18.1 Å². The molecule has 0 bridgehead atoms. The molecule has 0 aromatic rings. The van der Waals surface area contributed by atoms with Crippen molar-refractivity contribution < 1.29 is 9.47 Å². The van der Waals surface area contributed by atoms with E-state index in [1.54, 1.807) is 0 Å². The number of hydrogen-bond acceptors (Lipinski definition) is 4. The molecule has 19 heavy (non-hydrogen) atoms. The minimum Gasteiger partial charge on any atom is -0.377 e. The zero-order valence-electron chi connectivity index (χ0n) is 12.5. The lowest BCUT2D eigenvalue weighted by Crippen LogP contribution is -2.80. The topological polar surface area (TPSA) is 47.7 Å². The number of morpholine rings is 1. The molecule has 4 unspecified atom stereocenters. The average molecular weight is 268 g/mol. The average Bonchev–Trinajstić information content (AvgIpc) is 2.38. The van der Waals surface area contributed by atoms with E-state index in [1.165, 1.54) is 6.42 Å². The highest BCUT2D eigenvalue weighted by atomic mass is 16.5. The fourth-order valence-corrected chi connectivity index (χ4v) is 4.39. The maximum atomic E-state index is 6.85. The van der Waals surface area contributed by atoms with Crippen molar-refractivity contribution in [1.29, 1.82) is 0 Å². The number of ether oxygens (including phenoxy) is 2. The number of nitrogens with two attached hydrogens (primary N) is 1. The summed E-state index contributed by atoms with van der Waals surface area (Å²) in [5.74, 6) is 0.536. The van der Waals surface area contributed by atoms with Gasteiger partial charge in [-0.25, -0.2) is 0 Å². The van der Waals surface area contributed by atoms with Crippen molar-refractivity contribution in [1.82, 2.24) is 4.90 Å². The smallest absolute Gasteiger partial charge is 0.0690 e. The third-order valence-corrected chi connectivity index (χ3v) is 5.71. The Labute approximate surface area is 116 Å². The van der Waals surface area contributed by atoms with Crippen LogP contribution in [-0.2, 0) is 9.47 Å². The summed E-state index contributed by atoms with van der Waals surface area (Å²) in [6.45, 7) is 11.5. The third kappa shape index (κ3) is 2.04. The molecule has 4 nitrogen and oxygen atoms in total. The fourth-order valence-electron chi connectivity index (χ4n) is 4.39. The van der Waals surface area contributed by atoms with Gasteiger partial charge in [-0.2, -0.15) is 0 Å². The standard InChI is InChI=1S/C15H28N2O2/c1-11-9-17(6-8-18-11)10-15(16)12-5-4-7-19-13(12)14(15,2)3/h11-13H,4-10,16H2,1-3H3. The number of fused-ring (bicyclic) bond motifs is 1. The van der Waals surface area contributed by atoms with E-state index in [4.69, 9.17) is 15.2 Å². The van der Waals surface area contributed by atoms with Crippen molar-refractivity contribution in [2.45, 2.75) is 51.4 Å². The van der Waals surface area contributed by atoms with Crippen molar-refractivity contribution in [2.75, 3.05) is 32.8 Å². The van der Waals surface area contributed by atoms with Crippen LogP contribution in [-0.4, -0.2) is 55.5 Å². The van der Waals surface area contributed by atoms with Gasteiger partial charge in [0.05, 0.1) is 18.8 Å².